The van der Waals surface area contributed by atoms with Crippen LogP contribution in [0.5, 0.6) is 0 Å². The van der Waals surface area contributed by atoms with Crippen LogP contribution in [-0.2, 0) is 19.1 Å². The molecule has 9 nitrogen and oxygen atoms in total. The van der Waals surface area contributed by atoms with Gasteiger partial charge in [0, 0.05) is 18.3 Å². The van der Waals surface area contributed by atoms with Gasteiger partial charge in [0.1, 0.15) is 12.5 Å². The van der Waals surface area contributed by atoms with Gasteiger partial charge in [0.2, 0.25) is 17.7 Å². The van der Waals surface area contributed by atoms with Crippen LogP contribution in [0.3, 0.4) is 0 Å². The molecule has 0 fully saturated rings. The van der Waals surface area contributed by atoms with E-state index in [0.717, 1.165) is 5.56 Å². The van der Waals surface area contributed by atoms with Gasteiger partial charge in [-0.1, -0.05) is 36.4 Å². The van der Waals surface area contributed by atoms with Gasteiger partial charge in [-0.15, -0.1) is 0 Å². The van der Waals surface area contributed by atoms with E-state index in [0.29, 0.717) is 33.9 Å². The lowest BCUT2D eigenvalue weighted by atomic mass is 9.90. The molecule has 0 bridgehead atoms. The van der Waals surface area contributed by atoms with E-state index in [1.54, 1.807) is 49.4 Å². The second-order valence-electron chi connectivity index (χ2n) is 8.40. The number of hydrogen-bond acceptors (Lipinski definition) is 6. The summed E-state index contributed by atoms with van der Waals surface area (Å²) in [5.41, 5.74) is 9.18. The van der Waals surface area contributed by atoms with Crippen molar-refractivity contribution < 1.29 is 23.9 Å². The van der Waals surface area contributed by atoms with Crippen molar-refractivity contribution in [2.45, 2.75) is 19.8 Å². The molecular weight excluding hydrogens is 472 g/mol. The maximum atomic E-state index is 13.2. The highest BCUT2D eigenvalue weighted by Gasteiger charge is 2.36. The van der Waals surface area contributed by atoms with E-state index in [4.69, 9.17) is 15.5 Å². The first kappa shape index (κ1) is 25.3. The van der Waals surface area contributed by atoms with Crippen LogP contribution in [0.2, 0.25) is 0 Å². The number of ether oxygens (including phenoxy) is 1. The number of aliphatic imine (C=N–C) groups is 1. The SMILES string of the molecule is CCOC(=O)c1ccc2c(c1)NC(=O)C2C(=Nc1ccc(N(CC(N)=O)C(C)=O)cc1)c1ccccc1. The van der Waals surface area contributed by atoms with Crippen molar-refractivity contribution in [3.63, 3.8) is 0 Å². The number of rotatable bonds is 8. The van der Waals surface area contributed by atoms with Crippen LogP contribution in [0.4, 0.5) is 17.1 Å². The van der Waals surface area contributed by atoms with E-state index in [2.05, 4.69) is 5.32 Å². The first-order valence-corrected chi connectivity index (χ1v) is 11.7. The van der Waals surface area contributed by atoms with Crippen LogP contribution in [0.15, 0.2) is 77.8 Å². The fourth-order valence-electron chi connectivity index (χ4n) is 4.17. The molecule has 1 aliphatic heterocycles. The number of nitrogens with two attached hydrogens (primary N) is 1. The molecule has 188 valence electrons. The lowest BCUT2D eigenvalue weighted by Gasteiger charge is -2.19. The minimum Gasteiger partial charge on any atom is -0.462 e. The number of anilines is 2. The van der Waals surface area contributed by atoms with Crippen LogP contribution < -0.4 is 16.0 Å². The number of esters is 1. The largest absolute Gasteiger partial charge is 0.462 e. The fourth-order valence-corrected chi connectivity index (χ4v) is 4.17. The van der Waals surface area contributed by atoms with Crippen LogP contribution in [0.25, 0.3) is 0 Å². The Morgan fingerprint density at radius 2 is 1.70 bits per heavy atom. The summed E-state index contributed by atoms with van der Waals surface area (Å²) in [4.78, 5) is 54.8. The van der Waals surface area contributed by atoms with Crippen LogP contribution in [0, 0.1) is 0 Å². The molecule has 3 aromatic rings. The highest BCUT2D eigenvalue weighted by molar-refractivity contribution is 6.24. The van der Waals surface area contributed by atoms with Gasteiger partial charge in [0.15, 0.2) is 0 Å². The van der Waals surface area contributed by atoms with Gasteiger partial charge in [0.05, 0.1) is 23.6 Å². The van der Waals surface area contributed by atoms with Crippen molar-refractivity contribution in [3.8, 4) is 0 Å². The average molecular weight is 499 g/mol. The highest BCUT2D eigenvalue weighted by atomic mass is 16.5. The highest BCUT2D eigenvalue weighted by Crippen LogP contribution is 2.37. The molecule has 9 heteroatoms. The Balaban J connectivity index is 1.74. The zero-order valence-corrected chi connectivity index (χ0v) is 20.4. The van der Waals surface area contributed by atoms with Gasteiger partial charge in [-0.25, -0.2) is 4.79 Å². The first-order valence-electron chi connectivity index (χ1n) is 11.7. The minimum atomic E-state index is -0.711. The third-order valence-corrected chi connectivity index (χ3v) is 5.84. The van der Waals surface area contributed by atoms with E-state index in [-0.39, 0.29) is 25.0 Å². The monoisotopic (exact) mass is 498 g/mol. The summed E-state index contributed by atoms with van der Waals surface area (Å²) in [6.07, 6.45) is 0. The summed E-state index contributed by atoms with van der Waals surface area (Å²) in [6, 6.07) is 21.1. The van der Waals surface area contributed by atoms with Crippen molar-refractivity contribution >= 4 is 46.5 Å². The van der Waals surface area contributed by atoms with Gasteiger partial charge in [-0.05, 0) is 54.4 Å². The molecule has 4 rings (SSSR count). The number of carbonyl (C=O) groups is 4. The maximum absolute atomic E-state index is 13.2. The Morgan fingerprint density at radius 3 is 2.32 bits per heavy atom. The summed E-state index contributed by atoms with van der Waals surface area (Å²) in [6.45, 7) is 3.10. The molecule has 0 saturated heterocycles. The number of nitrogens with zero attached hydrogens (tertiary/aromatic N) is 2. The lowest BCUT2D eigenvalue weighted by molar-refractivity contribution is -0.121. The van der Waals surface area contributed by atoms with Gasteiger partial charge in [-0.2, -0.15) is 0 Å². The molecule has 1 unspecified atom stereocenters. The van der Waals surface area contributed by atoms with Crippen LogP contribution in [-0.4, -0.2) is 42.6 Å². The Labute approximate surface area is 213 Å². The molecule has 1 aliphatic rings. The van der Waals surface area contributed by atoms with Gasteiger partial charge < -0.3 is 20.7 Å². The van der Waals surface area contributed by atoms with E-state index in [1.807, 2.05) is 30.3 Å². The molecule has 37 heavy (non-hydrogen) atoms. The van der Waals surface area contributed by atoms with Crippen LogP contribution >= 0.6 is 0 Å². The molecule has 0 aromatic heterocycles. The molecular formula is C28H26N4O5. The number of benzene rings is 3. The molecule has 3 N–H and O–H groups in total. The number of amides is 3. The number of carbonyl (C=O) groups excluding carboxylic acids is 4. The maximum Gasteiger partial charge on any atom is 0.338 e. The molecule has 3 amide bonds. The number of primary amides is 1. The second kappa shape index (κ2) is 10.9. The summed E-state index contributed by atoms with van der Waals surface area (Å²) < 4.78 is 5.07. The van der Waals surface area contributed by atoms with E-state index >= 15 is 0 Å². The van der Waals surface area contributed by atoms with Crippen molar-refractivity contribution in [2.75, 3.05) is 23.4 Å². The van der Waals surface area contributed by atoms with Crippen molar-refractivity contribution in [2.24, 2.45) is 10.7 Å². The second-order valence-corrected chi connectivity index (χ2v) is 8.40. The Kier molecular flexibility index (Phi) is 7.43. The van der Waals surface area contributed by atoms with E-state index < -0.39 is 17.8 Å². The van der Waals surface area contributed by atoms with Crippen LogP contribution in [0.1, 0.15) is 41.3 Å². The Bertz CT molecular complexity index is 1380. The topological polar surface area (TPSA) is 131 Å². The molecule has 0 spiro atoms. The number of nitrogens with one attached hydrogen (secondary N) is 1. The van der Waals surface area contributed by atoms with Crippen molar-refractivity contribution in [1.82, 2.24) is 0 Å². The lowest BCUT2D eigenvalue weighted by Crippen LogP contribution is -2.37. The summed E-state index contributed by atoms with van der Waals surface area (Å²) >= 11 is 0. The first-order chi connectivity index (χ1) is 17.8. The smallest absolute Gasteiger partial charge is 0.338 e. The molecule has 1 heterocycles. The minimum absolute atomic E-state index is 0.236. The summed E-state index contributed by atoms with van der Waals surface area (Å²) in [5, 5.41) is 2.86. The third kappa shape index (κ3) is 5.56. The predicted molar refractivity (Wildman–Crippen MR) is 140 cm³/mol. The quantitative estimate of drug-likeness (QED) is 0.362. The summed E-state index contributed by atoms with van der Waals surface area (Å²) in [7, 11) is 0. The Hall–Kier alpha value is -4.79. The predicted octanol–water partition coefficient (Wildman–Crippen LogP) is 3.56. The summed E-state index contributed by atoms with van der Waals surface area (Å²) in [5.74, 6) is -2.38. The van der Waals surface area contributed by atoms with E-state index in [1.165, 1.54) is 11.8 Å². The number of fused-ring (bicyclic) bond motifs is 1. The van der Waals surface area contributed by atoms with Crippen molar-refractivity contribution in [3.05, 3.63) is 89.5 Å². The standard InChI is InChI=1S/C28H26N4O5/c1-3-37-28(36)19-9-14-22-23(15-19)31-27(35)25(22)26(18-7-5-4-6-8-18)30-20-10-12-21(13-11-20)32(17(2)33)16-24(29)34/h4-15,25H,3,16H2,1-2H3,(H2,29,34)(H,31,35). The zero-order chi connectivity index (χ0) is 26.5. The molecule has 0 saturated carbocycles. The molecule has 0 radical (unpaired) electrons. The fraction of sp³-hybridized carbons (Fsp3) is 0.179. The normalized spacial score (nSPS) is 14.5. The molecule has 0 aliphatic carbocycles. The van der Waals surface area contributed by atoms with Gasteiger partial charge >= 0.3 is 5.97 Å². The molecule has 1 atom stereocenters. The Morgan fingerprint density at radius 1 is 1.00 bits per heavy atom. The number of hydrogen-bond donors (Lipinski definition) is 2. The zero-order valence-electron chi connectivity index (χ0n) is 20.4. The van der Waals surface area contributed by atoms with E-state index in [9.17, 15) is 19.2 Å². The molecule has 3 aromatic carbocycles. The van der Waals surface area contributed by atoms with Gasteiger partial charge in [0.25, 0.3) is 0 Å². The van der Waals surface area contributed by atoms with Crippen molar-refractivity contribution in [1.29, 1.82) is 0 Å². The average Bonchev–Trinajstić information content (AvgIpc) is 3.21. The van der Waals surface area contributed by atoms with Gasteiger partial charge in [-0.3, -0.25) is 19.4 Å². The third-order valence-electron chi connectivity index (χ3n) is 5.84.